The van der Waals surface area contributed by atoms with E-state index in [0.717, 1.165) is 22.4 Å². The Morgan fingerprint density at radius 1 is 1.23 bits per heavy atom. The number of aromatic nitrogens is 2. The van der Waals surface area contributed by atoms with Gasteiger partial charge in [0.2, 0.25) is 0 Å². The number of aryl methyl sites for hydroxylation is 1. The van der Waals surface area contributed by atoms with Gasteiger partial charge in [0.25, 0.3) is 5.91 Å². The van der Waals surface area contributed by atoms with Gasteiger partial charge in [0.1, 0.15) is 5.82 Å². The molecule has 0 spiro atoms. The highest BCUT2D eigenvalue weighted by Crippen LogP contribution is 2.39. The second-order valence-electron chi connectivity index (χ2n) is 7.11. The zero-order chi connectivity index (χ0) is 21.1. The second-order valence-corrected chi connectivity index (χ2v) is 7.96. The predicted octanol–water partition coefficient (Wildman–Crippen LogP) is 3.94. The molecule has 1 saturated heterocycles. The van der Waals surface area contributed by atoms with Crippen LogP contribution < -0.4 is 9.47 Å². The van der Waals surface area contributed by atoms with Crippen LogP contribution >= 0.6 is 15.9 Å². The van der Waals surface area contributed by atoms with E-state index in [4.69, 9.17) is 14.2 Å². The first-order valence-electron chi connectivity index (χ1n) is 9.96. The van der Waals surface area contributed by atoms with Crippen molar-refractivity contribution >= 4 is 32.9 Å². The van der Waals surface area contributed by atoms with Crippen LogP contribution in [0.1, 0.15) is 12.5 Å². The van der Waals surface area contributed by atoms with Gasteiger partial charge in [-0.1, -0.05) is 6.07 Å². The van der Waals surface area contributed by atoms with Crippen molar-refractivity contribution in [3.05, 3.63) is 40.4 Å². The fourth-order valence-electron chi connectivity index (χ4n) is 3.41. The number of nitrogens with zero attached hydrogens (tertiary/aromatic N) is 2. The van der Waals surface area contributed by atoms with Gasteiger partial charge in [-0.3, -0.25) is 4.79 Å². The minimum absolute atomic E-state index is 0.0536. The summed E-state index contributed by atoms with van der Waals surface area (Å²) in [4.78, 5) is 22.2. The molecular weight excluding hydrogens is 450 g/mol. The zero-order valence-electron chi connectivity index (χ0n) is 17.0. The first-order chi connectivity index (χ1) is 14.5. The molecule has 0 bridgehead atoms. The first-order valence-corrected chi connectivity index (χ1v) is 10.8. The normalized spacial score (nSPS) is 14.2. The van der Waals surface area contributed by atoms with Gasteiger partial charge in [-0.2, -0.15) is 0 Å². The number of H-pyrrole nitrogens is 1. The maximum atomic E-state index is 12.4. The van der Waals surface area contributed by atoms with Crippen molar-refractivity contribution in [2.75, 3.05) is 39.5 Å². The summed E-state index contributed by atoms with van der Waals surface area (Å²) in [7, 11) is 0. The maximum Gasteiger partial charge on any atom is 0.260 e. The molecule has 8 heteroatoms. The lowest BCUT2D eigenvalue weighted by Crippen LogP contribution is -2.43. The van der Waals surface area contributed by atoms with Crippen molar-refractivity contribution in [1.82, 2.24) is 14.9 Å². The van der Waals surface area contributed by atoms with Gasteiger partial charge in [-0.15, -0.1) is 0 Å². The van der Waals surface area contributed by atoms with Gasteiger partial charge >= 0.3 is 0 Å². The number of benzene rings is 2. The molecule has 2 aromatic carbocycles. The Labute approximate surface area is 183 Å². The number of hydrogen-bond donors (Lipinski definition) is 1. The van der Waals surface area contributed by atoms with Gasteiger partial charge in [0.05, 0.1) is 35.3 Å². The van der Waals surface area contributed by atoms with Gasteiger partial charge in [-0.25, -0.2) is 4.98 Å². The molecule has 0 atom stereocenters. The Kier molecular flexibility index (Phi) is 6.24. The molecule has 0 unspecified atom stereocenters. The Hall–Kier alpha value is -2.58. The highest BCUT2D eigenvalue weighted by atomic mass is 79.9. The number of fused-ring (bicyclic) bond motifs is 1. The predicted molar refractivity (Wildman–Crippen MR) is 118 cm³/mol. The van der Waals surface area contributed by atoms with Crippen LogP contribution in [-0.2, 0) is 9.53 Å². The molecule has 1 N–H and O–H groups in total. The molecular formula is C22H24BrN3O4. The molecule has 1 fully saturated rings. The van der Waals surface area contributed by atoms with E-state index in [0.29, 0.717) is 48.9 Å². The minimum Gasteiger partial charge on any atom is -0.490 e. The smallest absolute Gasteiger partial charge is 0.260 e. The monoisotopic (exact) mass is 473 g/mol. The Morgan fingerprint density at radius 2 is 2.03 bits per heavy atom. The third-order valence-electron chi connectivity index (χ3n) is 4.92. The number of nitrogens with one attached hydrogen (secondary N) is 1. The number of morpholine rings is 1. The van der Waals surface area contributed by atoms with Crippen LogP contribution in [0.5, 0.6) is 11.5 Å². The first kappa shape index (κ1) is 20.7. The van der Waals surface area contributed by atoms with E-state index in [1.165, 1.54) is 5.56 Å². The fraction of sp³-hybridized carbons (Fsp3) is 0.364. The number of amides is 1. The van der Waals surface area contributed by atoms with E-state index < -0.39 is 0 Å². The van der Waals surface area contributed by atoms with Crippen LogP contribution in [0, 0.1) is 6.92 Å². The summed E-state index contributed by atoms with van der Waals surface area (Å²) in [6.45, 7) is 6.68. The molecule has 0 aliphatic carbocycles. The van der Waals surface area contributed by atoms with Crippen molar-refractivity contribution < 1.29 is 19.0 Å². The summed E-state index contributed by atoms with van der Waals surface area (Å²) >= 11 is 3.58. The topological polar surface area (TPSA) is 76.7 Å². The highest BCUT2D eigenvalue weighted by Gasteiger charge is 2.20. The van der Waals surface area contributed by atoms with Crippen LogP contribution in [0.25, 0.3) is 22.4 Å². The van der Waals surface area contributed by atoms with Gasteiger partial charge in [0, 0.05) is 18.7 Å². The third-order valence-corrected chi connectivity index (χ3v) is 5.51. The standard InChI is InChI=1S/C22H24BrN3O4/c1-3-29-19-12-15(22-24-17-5-4-14(2)10-18(17)25-22)11-16(23)21(19)30-13-20(27)26-6-8-28-9-7-26/h4-5,10-12H,3,6-9,13H2,1-2H3,(H,24,25). The minimum atomic E-state index is -0.0654. The third kappa shape index (κ3) is 4.44. The summed E-state index contributed by atoms with van der Waals surface area (Å²) in [5.41, 5.74) is 3.92. The molecule has 30 heavy (non-hydrogen) atoms. The molecule has 1 aromatic heterocycles. The highest BCUT2D eigenvalue weighted by molar-refractivity contribution is 9.10. The molecule has 1 amide bonds. The SMILES string of the molecule is CCOc1cc(-c2nc3ccc(C)cc3[nH]2)cc(Br)c1OCC(=O)N1CCOCC1. The van der Waals surface area contributed by atoms with Crippen LogP contribution in [0.3, 0.4) is 0 Å². The maximum absolute atomic E-state index is 12.4. The Morgan fingerprint density at radius 3 is 2.80 bits per heavy atom. The van der Waals surface area contributed by atoms with Gasteiger partial charge in [-0.05, 0) is 59.6 Å². The lowest BCUT2D eigenvalue weighted by molar-refractivity contribution is -0.137. The molecule has 1 aliphatic rings. The lowest BCUT2D eigenvalue weighted by atomic mass is 10.2. The van der Waals surface area contributed by atoms with E-state index in [1.807, 2.05) is 38.1 Å². The van der Waals surface area contributed by atoms with Crippen molar-refractivity contribution in [2.24, 2.45) is 0 Å². The van der Waals surface area contributed by atoms with E-state index in [1.54, 1.807) is 4.90 Å². The Balaban J connectivity index is 1.59. The van der Waals surface area contributed by atoms with Gasteiger partial charge in [0.15, 0.2) is 18.1 Å². The number of imidazole rings is 1. The van der Waals surface area contributed by atoms with Crippen LogP contribution in [0.2, 0.25) is 0 Å². The summed E-state index contributed by atoms with van der Waals surface area (Å²) in [5.74, 6) is 1.75. The number of rotatable bonds is 6. The largest absolute Gasteiger partial charge is 0.490 e. The summed E-state index contributed by atoms with van der Waals surface area (Å²) in [5, 5.41) is 0. The number of aromatic amines is 1. The summed E-state index contributed by atoms with van der Waals surface area (Å²) in [6, 6.07) is 9.91. The van der Waals surface area contributed by atoms with Crippen molar-refractivity contribution in [3.63, 3.8) is 0 Å². The van der Waals surface area contributed by atoms with E-state index in [9.17, 15) is 4.79 Å². The molecule has 0 saturated carbocycles. The van der Waals surface area contributed by atoms with E-state index >= 15 is 0 Å². The van der Waals surface area contributed by atoms with Crippen LogP contribution in [-0.4, -0.2) is 60.3 Å². The summed E-state index contributed by atoms with van der Waals surface area (Å²) < 4.78 is 17.7. The van der Waals surface area contributed by atoms with Crippen molar-refractivity contribution in [3.8, 4) is 22.9 Å². The van der Waals surface area contributed by atoms with E-state index in [2.05, 4.69) is 32.0 Å². The lowest BCUT2D eigenvalue weighted by Gasteiger charge is -2.27. The molecule has 3 aromatic rings. The number of carbonyl (C=O) groups excluding carboxylic acids is 1. The van der Waals surface area contributed by atoms with Crippen LogP contribution in [0.4, 0.5) is 0 Å². The molecule has 0 radical (unpaired) electrons. The zero-order valence-corrected chi connectivity index (χ0v) is 18.6. The summed E-state index contributed by atoms with van der Waals surface area (Å²) in [6.07, 6.45) is 0. The quantitative estimate of drug-likeness (QED) is 0.586. The van der Waals surface area contributed by atoms with Crippen molar-refractivity contribution in [1.29, 1.82) is 0 Å². The van der Waals surface area contributed by atoms with Crippen molar-refractivity contribution in [2.45, 2.75) is 13.8 Å². The average molecular weight is 474 g/mol. The van der Waals surface area contributed by atoms with Gasteiger partial charge < -0.3 is 24.1 Å². The van der Waals surface area contributed by atoms with E-state index in [-0.39, 0.29) is 12.5 Å². The number of carbonyl (C=O) groups is 1. The molecule has 1 aliphatic heterocycles. The molecule has 2 heterocycles. The second kappa shape index (κ2) is 9.06. The molecule has 7 nitrogen and oxygen atoms in total. The number of ether oxygens (including phenoxy) is 3. The average Bonchev–Trinajstić information content (AvgIpc) is 3.17. The molecule has 158 valence electrons. The number of halogens is 1. The number of hydrogen-bond acceptors (Lipinski definition) is 5. The fourth-order valence-corrected chi connectivity index (χ4v) is 3.96. The van der Waals surface area contributed by atoms with Crippen LogP contribution in [0.15, 0.2) is 34.8 Å². The Bertz CT molecular complexity index is 1060. The molecule has 4 rings (SSSR count).